The molecule has 1 heterocycles. The fourth-order valence-corrected chi connectivity index (χ4v) is 3.22. The summed E-state index contributed by atoms with van der Waals surface area (Å²) >= 11 is 12.1. The number of rotatable bonds is 2. The van der Waals surface area contributed by atoms with Crippen molar-refractivity contribution >= 4 is 58.0 Å². The smallest absolute Gasteiger partial charge is 0.373 e. The molecule has 1 aromatic carbocycles. The Labute approximate surface area is 140 Å². The van der Waals surface area contributed by atoms with E-state index in [-0.39, 0.29) is 28.6 Å². The number of phenolic OH excluding ortho intramolecular Hbond substituents is 2. The molecule has 6 nitrogen and oxygen atoms in total. The Hall–Kier alpha value is -1.86. The molecule has 0 spiro atoms. The van der Waals surface area contributed by atoms with Gasteiger partial charge in [-0.15, -0.1) is 0 Å². The zero-order valence-corrected chi connectivity index (χ0v) is 13.6. The molecule has 9 heteroatoms. The summed E-state index contributed by atoms with van der Waals surface area (Å²) in [6.07, 6.45) is 1.83. The molecule has 0 aliphatic carbocycles. The summed E-state index contributed by atoms with van der Waals surface area (Å²) in [7, 11) is 0. The van der Waals surface area contributed by atoms with E-state index in [0.717, 1.165) is 0 Å². The quantitative estimate of drug-likeness (QED) is 0.475. The molecule has 0 saturated carbocycles. The van der Waals surface area contributed by atoms with E-state index in [1.165, 1.54) is 28.8 Å². The molecule has 0 atom stereocenters. The van der Waals surface area contributed by atoms with E-state index >= 15 is 0 Å². The number of thiocarbonyl (C=S) groups is 1. The van der Waals surface area contributed by atoms with Gasteiger partial charge in [0, 0.05) is 6.54 Å². The molecule has 116 valence electrons. The first-order valence-corrected chi connectivity index (χ1v) is 7.42. The standard InChI is InChI=1S/C12H10ClNO3S2.CO2/c1-2-14-11(17)9(19-12(14)18)5-6-3-7(13)10(16)8(15)4-6;2-1-3/h3-5,15-16H,2H2,1H3;/b9-5-;. The minimum Gasteiger partial charge on any atom is -0.504 e. The Kier molecular flexibility index (Phi) is 6.58. The second-order valence-corrected chi connectivity index (χ2v) is 5.96. The Bertz CT molecular complexity index is 660. The molecule has 22 heavy (non-hydrogen) atoms. The molecule has 0 bridgehead atoms. The number of nitrogens with zero attached hydrogens (tertiary/aromatic N) is 1. The number of benzene rings is 1. The monoisotopic (exact) mass is 359 g/mol. The highest BCUT2D eigenvalue weighted by molar-refractivity contribution is 8.26. The summed E-state index contributed by atoms with van der Waals surface area (Å²) in [5, 5.41) is 18.9. The Morgan fingerprint density at radius 3 is 2.45 bits per heavy atom. The highest BCUT2D eigenvalue weighted by atomic mass is 35.5. The van der Waals surface area contributed by atoms with Gasteiger partial charge in [-0.2, -0.15) is 9.59 Å². The summed E-state index contributed by atoms with van der Waals surface area (Å²) in [6.45, 7) is 2.36. The molecule has 1 aliphatic heterocycles. The molecule has 1 aliphatic rings. The fourth-order valence-electron chi connectivity index (χ4n) is 1.61. The van der Waals surface area contributed by atoms with E-state index in [0.29, 0.717) is 21.3 Å². The third kappa shape index (κ3) is 4.08. The van der Waals surface area contributed by atoms with Gasteiger partial charge in [-0.05, 0) is 30.7 Å². The van der Waals surface area contributed by atoms with Crippen LogP contribution in [0.4, 0.5) is 0 Å². The number of thioether (sulfide) groups is 1. The van der Waals surface area contributed by atoms with Gasteiger partial charge in [-0.3, -0.25) is 9.69 Å². The average molecular weight is 360 g/mol. The number of carbonyl (C=O) groups excluding carboxylic acids is 3. The van der Waals surface area contributed by atoms with E-state index in [4.69, 9.17) is 33.4 Å². The number of carbonyl (C=O) groups is 1. The lowest BCUT2D eigenvalue weighted by atomic mass is 10.2. The first-order valence-electron chi connectivity index (χ1n) is 5.81. The van der Waals surface area contributed by atoms with Gasteiger partial charge in [0.2, 0.25) is 0 Å². The average Bonchev–Trinajstić information content (AvgIpc) is 2.71. The summed E-state index contributed by atoms with van der Waals surface area (Å²) in [5.41, 5.74) is 0.525. The number of aromatic hydroxyl groups is 2. The molecule has 0 aromatic heterocycles. The van der Waals surface area contributed by atoms with E-state index in [1.54, 1.807) is 6.08 Å². The van der Waals surface area contributed by atoms with Gasteiger partial charge in [-0.1, -0.05) is 35.6 Å². The van der Waals surface area contributed by atoms with Crippen molar-refractivity contribution in [3.05, 3.63) is 27.6 Å². The second kappa shape index (κ2) is 7.95. The molecule has 0 unspecified atom stereocenters. The molecular formula is C13H10ClNO5S2. The predicted octanol–water partition coefficient (Wildman–Crippen LogP) is 2.39. The lowest BCUT2D eigenvalue weighted by molar-refractivity contribution is -0.191. The van der Waals surface area contributed by atoms with Crippen LogP contribution in [0.25, 0.3) is 6.08 Å². The summed E-state index contributed by atoms with van der Waals surface area (Å²) in [6, 6.07) is 2.80. The predicted molar refractivity (Wildman–Crippen MR) is 85.3 cm³/mol. The summed E-state index contributed by atoms with van der Waals surface area (Å²) in [5.74, 6) is -0.870. The van der Waals surface area contributed by atoms with E-state index in [9.17, 15) is 15.0 Å². The van der Waals surface area contributed by atoms with Crippen molar-refractivity contribution in [2.45, 2.75) is 6.92 Å². The second-order valence-electron chi connectivity index (χ2n) is 3.88. The molecule has 1 aromatic rings. The van der Waals surface area contributed by atoms with Crippen LogP contribution in [-0.4, -0.2) is 38.0 Å². The van der Waals surface area contributed by atoms with Crippen LogP contribution < -0.4 is 0 Å². The van der Waals surface area contributed by atoms with Crippen LogP contribution in [0.5, 0.6) is 11.5 Å². The number of hydrogen-bond acceptors (Lipinski definition) is 7. The minimum atomic E-state index is -0.375. The van der Waals surface area contributed by atoms with Crippen LogP contribution in [0.3, 0.4) is 0 Å². The van der Waals surface area contributed by atoms with Gasteiger partial charge in [0.25, 0.3) is 5.91 Å². The number of amides is 1. The van der Waals surface area contributed by atoms with Crippen molar-refractivity contribution in [1.29, 1.82) is 0 Å². The Morgan fingerprint density at radius 2 is 2.00 bits per heavy atom. The molecule has 1 fully saturated rings. The van der Waals surface area contributed by atoms with Crippen molar-refractivity contribution in [2.75, 3.05) is 6.54 Å². The number of likely N-dealkylation sites (N-methyl/N-ethyl adjacent to an activating group) is 1. The maximum atomic E-state index is 12.0. The first kappa shape index (κ1) is 18.2. The third-order valence-electron chi connectivity index (χ3n) is 2.55. The molecule has 2 rings (SSSR count). The number of phenols is 2. The zero-order valence-electron chi connectivity index (χ0n) is 11.2. The fraction of sp³-hybridized carbons (Fsp3) is 0.154. The van der Waals surface area contributed by atoms with Crippen LogP contribution in [-0.2, 0) is 14.4 Å². The van der Waals surface area contributed by atoms with Gasteiger partial charge >= 0.3 is 6.15 Å². The molecule has 1 saturated heterocycles. The lowest BCUT2D eigenvalue weighted by Gasteiger charge is -2.09. The van der Waals surface area contributed by atoms with Gasteiger partial charge < -0.3 is 10.2 Å². The van der Waals surface area contributed by atoms with Crippen molar-refractivity contribution in [3.8, 4) is 11.5 Å². The summed E-state index contributed by atoms with van der Waals surface area (Å²) in [4.78, 5) is 30.2. The molecule has 0 radical (unpaired) electrons. The van der Waals surface area contributed by atoms with Gasteiger partial charge in [-0.25, -0.2) is 0 Å². The zero-order chi connectivity index (χ0) is 16.9. The van der Waals surface area contributed by atoms with Crippen molar-refractivity contribution in [2.24, 2.45) is 0 Å². The number of halogens is 1. The van der Waals surface area contributed by atoms with Crippen LogP contribution in [0, 0.1) is 0 Å². The minimum absolute atomic E-state index is 0.0252. The van der Waals surface area contributed by atoms with Crippen molar-refractivity contribution in [3.63, 3.8) is 0 Å². The highest BCUT2D eigenvalue weighted by Crippen LogP contribution is 2.37. The Balaban J connectivity index is 0.000000745. The largest absolute Gasteiger partial charge is 0.504 e. The van der Waals surface area contributed by atoms with Gasteiger partial charge in [0.1, 0.15) is 4.32 Å². The maximum absolute atomic E-state index is 12.0. The van der Waals surface area contributed by atoms with Gasteiger partial charge in [0.15, 0.2) is 11.5 Å². The SMILES string of the molecule is CCN1C(=O)/C(=C/c2cc(O)c(O)c(Cl)c2)SC1=S.O=C=O. The van der Waals surface area contributed by atoms with Crippen LogP contribution in [0.2, 0.25) is 5.02 Å². The lowest BCUT2D eigenvalue weighted by Crippen LogP contribution is -2.27. The van der Waals surface area contributed by atoms with Crippen LogP contribution in [0.15, 0.2) is 17.0 Å². The summed E-state index contributed by atoms with van der Waals surface area (Å²) < 4.78 is 0.507. The molecular weight excluding hydrogens is 350 g/mol. The molecule has 2 N–H and O–H groups in total. The first-order chi connectivity index (χ1) is 10.3. The van der Waals surface area contributed by atoms with Crippen LogP contribution >= 0.6 is 35.6 Å². The van der Waals surface area contributed by atoms with Crippen LogP contribution in [0.1, 0.15) is 12.5 Å². The normalized spacial score (nSPS) is 15.5. The van der Waals surface area contributed by atoms with Gasteiger partial charge in [0.05, 0.1) is 9.93 Å². The van der Waals surface area contributed by atoms with Crippen molar-refractivity contribution in [1.82, 2.24) is 4.90 Å². The maximum Gasteiger partial charge on any atom is 0.373 e. The van der Waals surface area contributed by atoms with Crippen molar-refractivity contribution < 1.29 is 24.6 Å². The molecule has 1 amide bonds. The topological polar surface area (TPSA) is 94.9 Å². The number of hydrogen-bond donors (Lipinski definition) is 2. The van der Waals surface area contributed by atoms with E-state index < -0.39 is 0 Å². The highest BCUT2D eigenvalue weighted by Gasteiger charge is 2.30. The third-order valence-corrected chi connectivity index (χ3v) is 4.22. The van der Waals surface area contributed by atoms with E-state index in [1.807, 2.05) is 6.92 Å². The van der Waals surface area contributed by atoms with E-state index in [2.05, 4.69) is 0 Å². The Morgan fingerprint density at radius 1 is 1.41 bits per heavy atom.